The lowest BCUT2D eigenvalue weighted by Crippen LogP contribution is -2.28. The highest BCUT2D eigenvalue weighted by Crippen LogP contribution is 2.32. The number of rotatable bonds is 10. The maximum absolute atomic E-state index is 12.4. The normalized spacial score (nSPS) is 10.7. The summed E-state index contributed by atoms with van der Waals surface area (Å²) in [6.07, 6.45) is 9.14. The van der Waals surface area contributed by atoms with Gasteiger partial charge in [-0.3, -0.25) is 23.9 Å². The first kappa shape index (κ1) is 41.0. The molecule has 0 spiro atoms. The first-order chi connectivity index (χ1) is 25.4. The summed E-state index contributed by atoms with van der Waals surface area (Å²) in [6.45, 7) is 7.05. The van der Waals surface area contributed by atoms with Gasteiger partial charge >= 0.3 is 11.9 Å². The van der Waals surface area contributed by atoms with Gasteiger partial charge in [-0.2, -0.15) is 0 Å². The fourth-order valence-electron chi connectivity index (χ4n) is 3.43. The molecule has 0 saturated heterocycles. The van der Waals surface area contributed by atoms with E-state index in [9.17, 15) is 18.8 Å². The van der Waals surface area contributed by atoms with Crippen molar-refractivity contribution in [2.24, 2.45) is 5.73 Å². The van der Waals surface area contributed by atoms with Gasteiger partial charge in [0.05, 0.1) is 26.4 Å². The maximum Gasteiger partial charge on any atom is 0.351 e. The minimum absolute atomic E-state index is 0.172. The van der Waals surface area contributed by atoms with Gasteiger partial charge in [0.2, 0.25) is 17.7 Å². The number of anilines is 3. The number of thiazole rings is 1. The molecule has 0 amide bonds. The predicted molar refractivity (Wildman–Crippen MR) is 203 cm³/mol. The molecule has 52 heavy (non-hydrogen) atoms. The van der Waals surface area contributed by atoms with Crippen LogP contribution in [0.5, 0.6) is 0 Å². The van der Waals surface area contributed by atoms with Crippen molar-refractivity contribution in [1.82, 2.24) is 34.9 Å². The molecule has 1 atom stereocenters. The molecule has 0 saturated carbocycles. The number of ether oxygens (including phenoxy) is 2. The van der Waals surface area contributed by atoms with Gasteiger partial charge in [0.1, 0.15) is 16.3 Å². The van der Waals surface area contributed by atoms with Crippen LogP contribution < -0.4 is 16.4 Å². The van der Waals surface area contributed by atoms with E-state index in [-0.39, 0.29) is 23.0 Å². The van der Waals surface area contributed by atoms with Gasteiger partial charge in [0, 0.05) is 37.2 Å². The molecule has 19 heteroatoms. The third kappa shape index (κ3) is 15.2. The molecule has 5 aromatic heterocycles. The minimum Gasteiger partial charge on any atom is -0.462 e. The van der Waals surface area contributed by atoms with E-state index < -0.39 is 29.7 Å². The summed E-state index contributed by atoms with van der Waals surface area (Å²) < 4.78 is 25.7. The summed E-state index contributed by atoms with van der Waals surface area (Å²) >= 11 is 8.76. The third-order valence-corrected chi connectivity index (χ3v) is 7.20. The number of esters is 2. The SMILES string of the molecule is CC(C)OC(=O)C(Br)C(=O)c1ccccn1.CC(C)OC(=O)c1sc(Nc2ncccn2)nc1-c1ccccn1.NC(=S)Nc1ncccn1.[2H]CF. The topological polar surface area (TPSA) is 210 Å². The molecule has 0 aliphatic heterocycles. The fourth-order valence-corrected chi connectivity index (χ4v) is 4.71. The molecule has 0 aromatic carbocycles. The molecule has 15 nitrogen and oxygen atoms in total. The lowest BCUT2D eigenvalue weighted by atomic mass is 10.2. The number of ketones is 1. The van der Waals surface area contributed by atoms with E-state index >= 15 is 0 Å². The van der Waals surface area contributed by atoms with Gasteiger partial charge in [-0.25, -0.2) is 29.7 Å². The van der Waals surface area contributed by atoms with Gasteiger partial charge in [0.25, 0.3) is 0 Å². The van der Waals surface area contributed by atoms with Gasteiger partial charge < -0.3 is 25.8 Å². The Balaban J connectivity index is 0.000000288. The van der Waals surface area contributed by atoms with Crippen LogP contribution in [-0.2, 0) is 14.3 Å². The van der Waals surface area contributed by atoms with Crippen molar-refractivity contribution in [3.8, 4) is 11.4 Å². The third-order valence-electron chi connectivity index (χ3n) is 5.35. The lowest BCUT2D eigenvalue weighted by Gasteiger charge is -2.11. The molecule has 5 rings (SSSR count). The number of Topliss-reactive ketones (excluding diaryl/α,β-unsaturated/α-hetero) is 1. The first-order valence-electron chi connectivity index (χ1n) is 15.7. The van der Waals surface area contributed by atoms with Crippen LogP contribution in [0, 0.1) is 0 Å². The van der Waals surface area contributed by atoms with Crippen molar-refractivity contribution in [3.63, 3.8) is 0 Å². The van der Waals surface area contributed by atoms with Gasteiger partial charge in [-0.05, 0) is 76.3 Å². The predicted octanol–water partition coefficient (Wildman–Crippen LogP) is 6.00. The van der Waals surface area contributed by atoms with Crippen molar-refractivity contribution in [1.29, 1.82) is 0 Å². The number of carbonyl (C=O) groups is 3. The largest absolute Gasteiger partial charge is 0.462 e. The highest BCUT2D eigenvalue weighted by Gasteiger charge is 2.27. The second kappa shape index (κ2) is 23.1. The summed E-state index contributed by atoms with van der Waals surface area (Å²) in [5.74, 6) is -0.584. The van der Waals surface area contributed by atoms with Crippen LogP contribution in [-0.4, -0.2) is 81.9 Å². The number of nitrogens with two attached hydrogens (primary N) is 1. The molecule has 0 aliphatic carbocycles. The van der Waals surface area contributed by atoms with E-state index in [0.717, 1.165) is 0 Å². The van der Waals surface area contributed by atoms with Crippen LogP contribution in [0.1, 0.15) is 49.2 Å². The van der Waals surface area contributed by atoms with Crippen LogP contribution in [0.3, 0.4) is 0 Å². The molecule has 0 radical (unpaired) electrons. The second-order valence-corrected chi connectivity index (χ2v) is 12.4. The van der Waals surface area contributed by atoms with Gasteiger partial charge in [-0.15, -0.1) is 0 Å². The lowest BCUT2D eigenvalue weighted by molar-refractivity contribution is -0.145. The van der Waals surface area contributed by atoms with Gasteiger partial charge in [-0.1, -0.05) is 39.4 Å². The summed E-state index contributed by atoms with van der Waals surface area (Å²) in [5, 5.41) is 6.25. The maximum atomic E-state index is 12.4. The van der Waals surface area contributed by atoms with E-state index in [4.69, 9.17) is 16.6 Å². The Morgan fingerprint density at radius 2 is 1.38 bits per heavy atom. The standard InChI is InChI=1S/C16H15N5O2S.C11H12BrNO3.C5H6N4S.CH3F/c1-10(2)23-14(22)13-12(11-6-3-4-7-17-11)20-16(24-13)21-15-18-8-5-9-19-15;1-7(2)16-11(15)9(12)10(14)8-5-3-4-6-13-8;6-4(10)9-5-7-2-1-3-8-5;1-2/h3-10H,1-2H3,(H,18,19,20,21);3-7,9H,1-2H3;1-3H,(H3,6,7,8,9,10);1H3/i;;;1D. The van der Waals surface area contributed by atoms with Crippen molar-refractivity contribution < 1.29 is 29.6 Å². The Kier molecular flexibility index (Phi) is 18.3. The number of hydrogen-bond donors (Lipinski definition) is 3. The van der Waals surface area contributed by atoms with E-state index in [2.05, 4.69) is 73.7 Å². The van der Waals surface area contributed by atoms with Crippen molar-refractivity contribution >= 4 is 79.3 Å². The number of alkyl halides is 2. The molecule has 0 fully saturated rings. The van der Waals surface area contributed by atoms with Crippen LogP contribution in [0.25, 0.3) is 11.4 Å². The molecule has 1 unspecified atom stereocenters. The minimum atomic E-state index is -1.00. The number of hydrogen-bond acceptors (Lipinski definition) is 15. The average molecular weight is 817 g/mol. The van der Waals surface area contributed by atoms with Crippen molar-refractivity contribution in [2.75, 3.05) is 17.8 Å². The Hall–Kier alpha value is -5.40. The zero-order valence-electron chi connectivity index (χ0n) is 29.3. The Bertz CT molecular complexity index is 1850. The molecular weight excluding hydrogens is 779 g/mol. The van der Waals surface area contributed by atoms with Crippen LogP contribution in [0.4, 0.5) is 21.4 Å². The van der Waals surface area contributed by atoms with E-state index in [1.54, 1.807) is 101 Å². The number of pyridine rings is 2. The van der Waals surface area contributed by atoms with Crippen LogP contribution in [0.15, 0.2) is 85.7 Å². The molecule has 274 valence electrons. The monoisotopic (exact) mass is 815 g/mol. The average Bonchev–Trinajstić information content (AvgIpc) is 3.56. The van der Waals surface area contributed by atoms with E-state index in [1.807, 2.05) is 6.07 Å². The van der Waals surface area contributed by atoms with Crippen LogP contribution >= 0.6 is 39.5 Å². The van der Waals surface area contributed by atoms with Gasteiger partial charge in [0.15, 0.2) is 15.1 Å². The molecule has 5 heterocycles. The Labute approximate surface area is 318 Å². The molecule has 5 aromatic rings. The summed E-state index contributed by atoms with van der Waals surface area (Å²) in [6, 6.07) is 13.8. The first-order valence-corrected chi connectivity index (χ1v) is 17.2. The number of aromatic nitrogens is 7. The molecular formula is C33H36BrFN10O5S2. The number of nitrogens with zero attached hydrogens (tertiary/aromatic N) is 7. The zero-order valence-corrected chi connectivity index (χ0v) is 31.6. The highest BCUT2D eigenvalue weighted by molar-refractivity contribution is 9.10. The smallest absolute Gasteiger partial charge is 0.351 e. The second-order valence-electron chi connectivity index (χ2n) is 10.1. The highest BCUT2D eigenvalue weighted by atomic mass is 79.9. The summed E-state index contributed by atoms with van der Waals surface area (Å²) in [7, 11) is -1.00. The number of carbonyl (C=O) groups excluding carboxylic acids is 3. The zero-order chi connectivity index (χ0) is 39.2. The fraction of sp³-hybridized carbons (Fsp3) is 0.242. The summed E-state index contributed by atoms with van der Waals surface area (Å²) in [4.78, 5) is 63.4. The number of nitrogens with one attached hydrogen (secondary N) is 2. The molecule has 4 N–H and O–H groups in total. The van der Waals surface area contributed by atoms with E-state index in [0.29, 0.717) is 33.3 Å². The van der Waals surface area contributed by atoms with Crippen LogP contribution in [0.2, 0.25) is 0 Å². The quantitative estimate of drug-likeness (QED) is 0.0485. The molecule has 0 bridgehead atoms. The number of thiocarbonyl (C=S) groups is 1. The Morgan fingerprint density at radius 1 is 0.846 bits per heavy atom. The summed E-state index contributed by atoms with van der Waals surface area (Å²) in [5.41, 5.74) is 6.49. The number of halogens is 2. The van der Waals surface area contributed by atoms with Crippen molar-refractivity contribution in [2.45, 2.75) is 44.7 Å². The van der Waals surface area contributed by atoms with E-state index in [1.165, 1.54) is 17.5 Å². The molecule has 0 aliphatic rings. The Morgan fingerprint density at radius 3 is 1.88 bits per heavy atom. The van der Waals surface area contributed by atoms with Crippen molar-refractivity contribution in [3.05, 3.63) is 96.3 Å².